The van der Waals surface area contributed by atoms with Gasteiger partial charge < -0.3 is 13.7 Å². The Bertz CT molecular complexity index is 3820. The highest BCUT2D eigenvalue weighted by molar-refractivity contribution is 6.13. The maximum atomic E-state index is 5.12. The quantitative estimate of drug-likeness (QED) is 0.144. The molecule has 6 nitrogen and oxygen atoms in total. The maximum absolute atomic E-state index is 5.12. The van der Waals surface area contributed by atoms with E-state index in [4.69, 9.17) is 15.0 Å². The Morgan fingerprint density at radius 1 is 0.438 bits per heavy atom. The smallest absolute Gasteiger partial charge is 0.115 e. The van der Waals surface area contributed by atoms with Crippen LogP contribution in [0.2, 0.25) is 0 Å². The molecule has 0 spiro atoms. The summed E-state index contributed by atoms with van der Waals surface area (Å²) in [7, 11) is 0. The van der Waals surface area contributed by atoms with Crippen LogP contribution in [0, 0.1) is 0 Å². The molecule has 0 bridgehead atoms. The van der Waals surface area contributed by atoms with Crippen molar-refractivity contribution in [3.63, 3.8) is 0 Å². The largest absolute Gasteiger partial charge is 0.309 e. The number of para-hydroxylation sites is 2. The molecule has 12 rings (SSSR count). The van der Waals surface area contributed by atoms with E-state index in [2.05, 4.69) is 178 Å². The van der Waals surface area contributed by atoms with Crippen molar-refractivity contribution < 1.29 is 0 Å². The van der Waals surface area contributed by atoms with Crippen molar-refractivity contribution in [2.75, 3.05) is 0 Å². The minimum Gasteiger partial charge on any atom is -0.309 e. The van der Waals surface area contributed by atoms with Crippen molar-refractivity contribution in [3.8, 4) is 39.4 Å². The van der Waals surface area contributed by atoms with Crippen LogP contribution in [0.25, 0.3) is 111 Å². The molecule has 0 radical (unpaired) electrons. The first kappa shape index (κ1) is 37.2. The summed E-state index contributed by atoms with van der Waals surface area (Å²) in [4.78, 5) is 14.6. The Hall–Kier alpha value is -8.61. The molecule has 302 valence electrons. The van der Waals surface area contributed by atoms with Crippen molar-refractivity contribution in [2.45, 2.75) is 6.92 Å². The molecule has 0 aliphatic carbocycles. The molecular weight excluding hydrogens is 781 g/mol. The molecule has 0 saturated heterocycles. The van der Waals surface area contributed by atoms with Crippen molar-refractivity contribution in [2.24, 2.45) is 0 Å². The van der Waals surface area contributed by atoms with Crippen molar-refractivity contribution in [1.82, 2.24) is 28.7 Å². The highest BCUT2D eigenvalue weighted by Gasteiger charge is 2.19. The minimum absolute atomic E-state index is 0.833. The number of aromatic nitrogens is 6. The van der Waals surface area contributed by atoms with Gasteiger partial charge in [0.05, 0.1) is 50.2 Å². The topological polar surface area (TPSA) is 53.5 Å². The van der Waals surface area contributed by atoms with E-state index in [1.165, 1.54) is 21.5 Å². The van der Waals surface area contributed by atoms with Gasteiger partial charge in [-0.2, -0.15) is 0 Å². The van der Waals surface area contributed by atoms with Gasteiger partial charge >= 0.3 is 0 Å². The lowest BCUT2D eigenvalue weighted by Gasteiger charge is -2.13. The number of nitrogens with zero attached hydrogens (tertiary/aromatic N) is 6. The molecule has 0 atom stereocenters. The van der Waals surface area contributed by atoms with Crippen LogP contribution in [0.1, 0.15) is 12.6 Å². The first-order chi connectivity index (χ1) is 31.6. The van der Waals surface area contributed by atoms with Gasteiger partial charge in [0.2, 0.25) is 0 Å². The predicted octanol–water partition coefficient (Wildman–Crippen LogP) is 14.6. The van der Waals surface area contributed by atoms with Gasteiger partial charge in [-0.1, -0.05) is 116 Å². The average molecular weight is 821 g/mol. The van der Waals surface area contributed by atoms with E-state index in [1.54, 1.807) is 0 Å². The monoisotopic (exact) mass is 820 g/mol. The van der Waals surface area contributed by atoms with E-state index in [0.29, 0.717) is 0 Å². The Morgan fingerprint density at radius 2 is 0.969 bits per heavy atom. The number of hydrogen-bond acceptors (Lipinski definition) is 3. The van der Waals surface area contributed by atoms with E-state index < -0.39 is 0 Å². The predicted molar refractivity (Wildman–Crippen MR) is 267 cm³/mol. The fourth-order valence-electron chi connectivity index (χ4n) is 9.49. The second-order valence-electron chi connectivity index (χ2n) is 16.1. The normalized spacial score (nSPS) is 12.1. The molecule has 6 heteroatoms. The van der Waals surface area contributed by atoms with Gasteiger partial charge in [-0.3, -0.25) is 9.97 Å². The summed E-state index contributed by atoms with van der Waals surface area (Å²) in [6.45, 7) is 6.43. The third-order valence-electron chi connectivity index (χ3n) is 12.4. The Balaban J connectivity index is 0.995. The van der Waals surface area contributed by atoms with Gasteiger partial charge in [0.15, 0.2) is 0 Å². The van der Waals surface area contributed by atoms with E-state index in [9.17, 15) is 0 Å². The fraction of sp³-hybridized carbons (Fsp3) is 0.0172. The lowest BCUT2D eigenvalue weighted by molar-refractivity contribution is 1.13. The molecule has 6 aromatic heterocycles. The third kappa shape index (κ3) is 5.99. The van der Waals surface area contributed by atoms with Gasteiger partial charge in [0.1, 0.15) is 11.0 Å². The zero-order valence-corrected chi connectivity index (χ0v) is 35.1. The molecule has 0 N–H and O–H groups in total. The number of pyridine rings is 3. The molecule has 0 unspecified atom stereocenters. The van der Waals surface area contributed by atoms with E-state index in [0.717, 1.165) is 94.8 Å². The molecule has 0 amide bonds. The summed E-state index contributed by atoms with van der Waals surface area (Å²) in [5.74, 6) is 0. The number of benzene rings is 6. The Morgan fingerprint density at radius 3 is 1.58 bits per heavy atom. The Labute approximate surface area is 369 Å². The van der Waals surface area contributed by atoms with Crippen molar-refractivity contribution >= 4 is 71.3 Å². The molecule has 64 heavy (non-hydrogen) atoms. The van der Waals surface area contributed by atoms with Gasteiger partial charge in [0, 0.05) is 50.9 Å². The van der Waals surface area contributed by atoms with E-state index in [1.807, 2.05) is 61.8 Å². The second kappa shape index (κ2) is 15.1. The highest BCUT2D eigenvalue weighted by atomic mass is 15.0. The first-order valence-electron chi connectivity index (χ1n) is 21.6. The molecular formula is C58H40N6. The number of fused-ring (bicyclic) bond motifs is 9. The standard InChI is InChI=1S/C58H40N6/c1-3-4-6-16-38(2)49-36-44(37-50(61-49)39-17-7-5-8-18-39)64-52-24-12-10-22-46(52)48-34-41(28-30-54(48)64)40-27-29-53-47(33-40)45-21-9-11-23-51(45)62(53)42-19-13-20-43(35-42)63-55-25-14-31-59-57(55)58-56(63)26-15-32-60-58/h3-37H,2H2,1H3/b4-3-,16-6-. The maximum Gasteiger partial charge on any atom is 0.115 e. The van der Waals surface area contributed by atoms with Crippen molar-refractivity contribution in [3.05, 3.63) is 225 Å². The van der Waals surface area contributed by atoms with Gasteiger partial charge in [-0.05, 0) is 115 Å². The van der Waals surface area contributed by atoms with Crippen LogP contribution in [-0.4, -0.2) is 28.7 Å². The lowest BCUT2D eigenvalue weighted by atomic mass is 10.0. The fourth-order valence-corrected chi connectivity index (χ4v) is 9.49. The zero-order valence-electron chi connectivity index (χ0n) is 35.1. The summed E-state index contributed by atoms with van der Waals surface area (Å²) in [6.07, 6.45) is 11.7. The summed E-state index contributed by atoms with van der Waals surface area (Å²) in [5, 5.41) is 4.79. The zero-order chi connectivity index (χ0) is 42.7. The van der Waals surface area contributed by atoms with Crippen molar-refractivity contribution in [1.29, 1.82) is 0 Å². The van der Waals surface area contributed by atoms with Crippen LogP contribution in [-0.2, 0) is 0 Å². The van der Waals surface area contributed by atoms with Crippen LogP contribution in [0.15, 0.2) is 219 Å². The summed E-state index contributed by atoms with van der Waals surface area (Å²) in [6, 6.07) is 62.9. The Kier molecular flexibility index (Phi) is 8.76. The molecule has 6 aromatic carbocycles. The lowest BCUT2D eigenvalue weighted by Crippen LogP contribution is -1.99. The van der Waals surface area contributed by atoms with Crippen LogP contribution in [0.5, 0.6) is 0 Å². The van der Waals surface area contributed by atoms with Gasteiger partial charge in [-0.15, -0.1) is 0 Å². The van der Waals surface area contributed by atoms with Crippen LogP contribution < -0.4 is 0 Å². The summed E-state index contributed by atoms with van der Waals surface area (Å²) < 4.78 is 7.02. The van der Waals surface area contributed by atoms with Crippen LogP contribution in [0.3, 0.4) is 0 Å². The highest BCUT2D eigenvalue weighted by Crippen LogP contribution is 2.40. The molecule has 12 aromatic rings. The molecule has 6 heterocycles. The molecule has 0 saturated carbocycles. The summed E-state index contributed by atoms with van der Waals surface area (Å²) >= 11 is 0. The van der Waals surface area contributed by atoms with E-state index in [-0.39, 0.29) is 0 Å². The third-order valence-corrected chi connectivity index (χ3v) is 12.4. The molecule has 0 aliphatic rings. The second-order valence-corrected chi connectivity index (χ2v) is 16.1. The van der Waals surface area contributed by atoms with Gasteiger partial charge in [0.25, 0.3) is 0 Å². The average Bonchev–Trinajstić information content (AvgIpc) is 3.99. The number of hydrogen-bond donors (Lipinski definition) is 0. The number of allylic oxidation sites excluding steroid dienone is 5. The minimum atomic E-state index is 0.833. The number of rotatable bonds is 8. The molecule has 0 aliphatic heterocycles. The first-order valence-corrected chi connectivity index (χ1v) is 21.6. The van der Waals surface area contributed by atoms with Crippen LogP contribution in [0.4, 0.5) is 0 Å². The SMILES string of the molecule is C=C(/C=C\C=C/C)c1cc(-n2c3ccccc3c3cc(-c4ccc5c(c4)c4ccccc4n5-c4cccc(-n5c6cccnc6c6ncccc65)c4)ccc32)cc(-c2ccccc2)n1. The van der Waals surface area contributed by atoms with Crippen LogP contribution >= 0.6 is 0 Å². The molecule has 0 fully saturated rings. The van der Waals surface area contributed by atoms with Gasteiger partial charge in [-0.25, -0.2) is 4.98 Å². The van der Waals surface area contributed by atoms with E-state index >= 15 is 0 Å². The summed E-state index contributed by atoms with van der Waals surface area (Å²) in [5.41, 5.74) is 17.6.